The Morgan fingerprint density at radius 3 is 0.724 bits per heavy atom. The molecule has 0 radical (unpaired) electrons. The molecule has 10 heteroatoms. The van der Waals surface area contributed by atoms with Gasteiger partial charge in [-0.25, -0.2) is 4.39 Å². The van der Waals surface area contributed by atoms with E-state index in [1.807, 2.05) is 95.3 Å². The van der Waals surface area contributed by atoms with Crippen LogP contribution in [-0.2, 0) is 32.5 Å². The largest absolute Gasteiger partial charge is 0.508 e. The first kappa shape index (κ1) is 81.5. The van der Waals surface area contributed by atoms with Crippen molar-refractivity contribution in [2.24, 2.45) is 0 Å². The molecule has 0 heterocycles. The molecule has 76 heavy (non-hydrogen) atoms. The first-order valence-corrected chi connectivity index (χ1v) is 28.2. The van der Waals surface area contributed by atoms with Gasteiger partial charge in [0.25, 0.3) is 0 Å². The van der Waals surface area contributed by atoms with Gasteiger partial charge in [0.15, 0.2) is 0 Å². The van der Waals surface area contributed by atoms with Gasteiger partial charge in [-0.3, -0.25) is 0 Å². The predicted octanol–water partition coefficient (Wildman–Crippen LogP) is 20.2. The minimum absolute atomic E-state index is 0.0919. The fourth-order valence-electron chi connectivity index (χ4n) is 6.31. The van der Waals surface area contributed by atoms with E-state index in [1.165, 1.54) is 47.3 Å². The zero-order valence-corrected chi connectivity index (χ0v) is 56.5. The summed E-state index contributed by atoms with van der Waals surface area (Å²) in [4.78, 5) is 0. The summed E-state index contributed by atoms with van der Waals surface area (Å²) in [5.74, 6) is 0.220. The monoisotopic (exact) mass is 1260 g/mol. The maximum Gasteiger partial charge on any atom is 0.126 e. The molecule has 0 fully saturated rings. The smallest absolute Gasteiger partial charge is 0.126 e. The summed E-state index contributed by atoms with van der Waals surface area (Å²) in [6, 6.07) is 47.3. The number of hydrogen-bond donors (Lipinski definition) is 5. The molecule has 0 atom stereocenters. The number of rotatable bonds is 0. The molecule has 0 amide bonds. The summed E-state index contributed by atoms with van der Waals surface area (Å²) in [5, 5.41) is 37.9. The van der Waals surface area contributed by atoms with Crippen molar-refractivity contribution < 1.29 is 29.9 Å². The second kappa shape index (κ2) is 41.6. The van der Waals surface area contributed by atoms with Crippen molar-refractivity contribution in [3.05, 3.63) is 203 Å². The quantitative estimate of drug-likeness (QED) is 0.104. The Morgan fingerprint density at radius 2 is 0.539 bits per heavy atom. The van der Waals surface area contributed by atoms with Crippen LogP contribution >= 0.6 is 59.4 Å². The lowest BCUT2D eigenvalue weighted by Gasteiger charge is -2.20. The Hall–Kier alpha value is -3.38. The number of aliphatic hydroxyl groups excluding tert-OH is 4. The Labute approximate surface area is 494 Å². The van der Waals surface area contributed by atoms with Gasteiger partial charge in [-0.1, -0.05) is 301 Å². The van der Waals surface area contributed by atoms with Crippen LogP contribution in [0.1, 0.15) is 172 Å². The standard InChI is InChI=1S/3C10H13Br.C10H13Cl.C10H13F.C10H14O.C2H6.4CH4O/c5*1-10(2,3)8-6-4-5-7-9(8)11;1-10(2,3)8-4-6-9(11)7-5-8;5*1-2/h5*4-7H,1-3H3;4-7,11H,1-3H3;1-2H3;4*2H,1H3. The number of aromatic hydroxyl groups is 1. The van der Waals surface area contributed by atoms with Crippen LogP contribution in [0.5, 0.6) is 5.75 Å². The number of phenolic OH excluding ortho intramolecular Hbond substituents is 1. The lowest BCUT2D eigenvalue weighted by molar-refractivity contribution is 0.399. The maximum atomic E-state index is 13.1. The summed E-state index contributed by atoms with van der Waals surface area (Å²) in [6.45, 7) is 42.9. The van der Waals surface area contributed by atoms with E-state index in [0.29, 0.717) is 5.75 Å². The molecule has 0 unspecified atom stereocenters. The van der Waals surface area contributed by atoms with Gasteiger partial charge in [0, 0.05) is 46.9 Å². The van der Waals surface area contributed by atoms with Gasteiger partial charge in [0.05, 0.1) is 0 Å². The van der Waals surface area contributed by atoms with Crippen LogP contribution in [0, 0.1) is 5.82 Å². The zero-order chi connectivity index (χ0) is 60.9. The van der Waals surface area contributed by atoms with E-state index >= 15 is 0 Å². The van der Waals surface area contributed by atoms with Gasteiger partial charge in [-0.15, -0.1) is 0 Å². The van der Waals surface area contributed by atoms with Gasteiger partial charge in [0.1, 0.15) is 11.6 Å². The highest BCUT2D eigenvalue weighted by Gasteiger charge is 2.19. The highest BCUT2D eigenvalue weighted by atomic mass is 79.9. The molecule has 0 aromatic heterocycles. The van der Waals surface area contributed by atoms with Crippen molar-refractivity contribution in [3.8, 4) is 5.75 Å². The van der Waals surface area contributed by atoms with Crippen LogP contribution in [0.4, 0.5) is 4.39 Å². The molecule has 6 aromatic carbocycles. The highest BCUT2D eigenvalue weighted by molar-refractivity contribution is 9.11. The van der Waals surface area contributed by atoms with Crippen molar-refractivity contribution in [1.82, 2.24) is 0 Å². The molecule has 0 saturated carbocycles. The number of benzene rings is 6. The fraction of sp³-hybridized carbons (Fsp3) is 0.455. The summed E-state index contributed by atoms with van der Waals surface area (Å²) in [5.41, 5.74) is 8.26. The molecule has 430 valence electrons. The van der Waals surface area contributed by atoms with Crippen molar-refractivity contribution in [1.29, 1.82) is 0 Å². The van der Waals surface area contributed by atoms with Crippen LogP contribution in [0.2, 0.25) is 5.02 Å². The van der Waals surface area contributed by atoms with Crippen LogP contribution in [0.3, 0.4) is 0 Å². The SMILES string of the molecule is CC.CC(C)(C)c1ccc(O)cc1.CC(C)(C)c1ccccc1Br.CC(C)(C)c1ccccc1Br.CC(C)(C)c1ccccc1Br.CC(C)(C)c1ccccc1Cl.CC(C)(C)c1ccccc1F.CO.CO.CO.CO. The van der Waals surface area contributed by atoms with E-state index in [1.54, 1.807) is 18.2 Å². The topological polar surface area (TPSA) is 101 Å². The van der Waals surface area contributed by atoms with Gasteiger partial charge < -0.3 is 25.5 Å². The van der Waals surface area contributed by atoms with Gasteiger partial charge in [-0.05, 0) is 108 Å². The van der Waals surface area contributed by atoms with Crippen molar-refractivity contribution in [3.63, 3.8) is 0 Å². The molecule has 0 spiro atoms. The summed E-state index contributed by atoms with van der Waals surface area (Å²) in [6.07, 6.45) is 0. The van der Waals surface area contributed by atoms with Crippen LogP contribution < -0.4 is 0 Å². The molecule has 6 rings (SSSR count). The van der Waals surface area contributed by atoms with Crippen LogP contribution in [0.25, 0.3) is 0 Å². The zero-order valence-electron chi connectivity index (χ0n) is 51.0. The summed E-state index contributed by atoms with van der Waals surface area (Å²) in [7, 11) is 4.00. The van der Waals surface area contributed by atoms with Crippen LogP contribution in [-0.4, -0.2) is 54.0 Å². The summed E-state index contributed by atoms with van der Waals surface area (Å²) < 4.78 is 16.7. The lowest BCUT2D eigenvalue weighted by Crippen LogP contribution is -2.12. The van der Waals surface area contributed by atoms with Crippen LogP contribution in [0.15, 0.2) is 159 Å². The molecule has 6 aromatic rings. The first-order chi connectivity index (χ1) is 35.1. The number of aliphatic hydroxyl groups is 4. The molecular weight excluding hydrogens is 1170 g/mol. The van der Waals surface area contributed by atoms with Gasteiger partial charge in [-0.2, -0.15) is 0 Å². The number of hydrogen-bond acceptors (Lipinski definition) is 5. The molecular formula is C66H101Br3ClFO5. The van der Waals surface area contributed by atoms with Gasteiger partial charge >= 0.3 is 0 Å². The fourth-order valence-corrected chi connectivity index (χ4v) is 9.37. The Bertz CT molecular complexity index is 2020. The van der Waals surface area contributed by atoms with E-state index in [9.17, 15) is 4.39 Å². The first-order valence-electron chi connectivity index (χ1n) is 25.4. The van der Waals surface area contributed by atoms with Crippen molar-refractivity contribution in [2.75, 3.05) is 28.4 Å². The maximum absolute atomic E-state index is 13.1. The summed E-state index contributed by atoms with van der Waals surface area (Å²) >= 11 is 16.6. The number of halogens is 5. The molecule has 5 nitrogen and oxygen atoms in total. The third-order valence-corrected chi connectivity index (χ3v) is 12.5. The average molecular weight is 1270 g/mol. The predicted molar refractivity (Wildman–Crippen MR) is 345 cm³/mol. The minimum Gasteiger partial charge on any atom is -0.508 e. The number of phenols is 1. The van der Waals surface area contributed by atoms with E-state index in [0.717, 1.165) is 39.0 Å². The van der Waals surface area contributed by atoms with Crippen molar-refractivity contribution >= 4 is 59.4 Å². The normalized spacial score (nSPS) is 10.5. The Balaban J connectivity index is -0.000000256. The molecule has 0 bridgehead atoms. The van der Waals surface area contributed by atoms with E-state index < -0.39 is 0 Å². The average Bonchev–Trinajstić information content (AvgIpc) is 3.34. The highest BCUT2D eigenvalue weighted by Crippen LogP contribution is 2.32. The van der Waals surface area contributed by atoms with Crippen molar-refractivity contribution in [2.45, 2.75) is 171 Å². The Kier molecular flexibility index (Phi) is 44.6. The molecule has 5 N–H and O–H groups in total. The second-order valence-electron chi connectivity index (χ2n) is 22.4. The third kappa shape index (κ3) is 35.9. The minimum atomic E-state index is -0.111. The second-order valence-corrected chi connectivity index (χ2v) is 25.4. The van der Waals surface area contributed by atoms with E-state index in [-0.39, 0.29) is 38.3 Å². The molecule has 0 saturated heterocycles. The third-order valence-electron chi connectivity index (χ3n) is 10.1. The molecule has 0 aliphatic rings. The van der Waals surface area contributed by atoms with E-state index in [4.69, 9.17) is 37.1 Å². The molecule has 0 aliphatic carbocycles. The van der Waals surface area contributed by atoms with E-state index in [2.05, 4.69) is 212 Å². The van der Waals surface area contributed by atoms with Gasteiger partial charge in [0.2, 0.25) is 0 Å². The lowest BCUT2D eigenvalue weighted by atomic mass is 9.87. The molecule has 0 aliphatic heterocycles. The Morgan fingerprint density at radius 1 is 0.316 bits per heavy atom.